The second kappa shape index (κ2) is 8.95. The molecule has 2 N–H and O–H groups in total. The van der Waals surface area contributed by atoms with Gasteiger partial charge < -0.3 is 15.5 Å². The van der Waals surface area contributed by atoms with Crippen molar-refractivity contribution >= 4 is 5.69 Å². The van der Waals surface area contributed by atoms with Crippen LogP contribution in [0.4, 0.5) is 5.69 Å². The summed E-state index contributed by atoms with van der Waals surface area (Å²) in [6.45, 7) is 9.95. The first kappa shape index (κ1) is 15.0. The highest BCUT2D eigenvalue weighted by Crippen LogP contribution is 2.13. The molecule has 0 fully saturated rings. The van der Waals surface area contributed by atoms with Crippen LogP contribution >= 0.6 is 0 Å². The van der Waals surface area contributed by atoms with Gasteiger partial charge in [0.2, 0.25) is 0 Å². The smallest absolute Gasteiger partial charge is 0.0383 e. The van der Waals surface area contributed by atoms with Gasteiger partial charge in [-0.3, -0.25) is 0 Å². The highest BCUT2D eigenvalue weighted by Gasteiger charge is 2.00. The maximum absolute atomic E-state index is 3.51. The van der Waals surface area contributed by atoms with E-state index < -0.39 is 0 Å². The summed E-state index contributed by atoms with van der Waals surface area (Å²) < 4.78 is 0. The van der Waals surface area contributed by atoms with Crippen LogP contribution in [0.2, 0.25) is 0 Å². The molecule has 0 amide bonds. The molecule has 3 heteroatoms. The first-order valence-corrected chi connectivity index (χ1v) is 7.00. The Morgan fingerprint density at radius 2 is 1.83 bits per heavy atom. The Bertz CT molecular complexity index is 321. The molecule has 0 spiro atoms. The summed E-state index contributed by atoms with van der Waals surface area (Å²) in [7, 11) is 1.97. The lowest BCUT2D eigenvalue weighted by Crippen LogP contribution is -2.27. The van der Waals surface area contributed by atoms with Crippen LogP contribution in [0, 0.1) is 0 Å². The highest BCUT2D eigenvalue weighted by atomic mass is 15.1. The molecular formula is C15H27N3. The van der Waals surface area contributed by atoms with Crippen LogP contribution in [0.25, 0.3) is 0 Å². The molecule has 0 unspecified atom stereocenters. The molecule has 0 aliphatic carbocycles. The zero-order chi connectivity index (χ0) is 13.2. The molecule has 3 nitrogen and oxygen atoms in total. The second-order valence-electron chi connectivity index (χ2n) is 4.46. The van der Waals surface area contributed by atoms with Gasteiger partial charge >= 0.3 is 0 Å². The Hall–Kier alpha value is -1.06. The van der Waals surface area contributed by atoms with Crippen molar-refractivity contribution < 1.29 is 0 Å². The summed E-state index contributed by atoms with van der Waals surface area (Å²) in [5, 5.41) is 6.74. The lowest BCUT2D eigenvalue weighted by molar-refractivity contribution is 0.298. The van der Waals surface area contributed by atoms with E-state index in [0.29, 0.717) is 0 Å². The zero-order valence-electron chi connectivity index (χ0n) is 12.0. The van der Waals surface area contributed by atoms with E-state index in [4.69, 9.17) is 0 Å². The molecular weight excluding hydrogens is 222 g/mol. The Morgan fingerprint density at radius 3 is 2.50 bits per heavy atom. The second-order valence-corrected chi connectivity index (χ2v) is 4.46. The third-order valence-corrected chi connectivity index (χ3v) is 3.32. The fourth-order valence-electron chi connectivity index (χ4n) is 2.11. The number of para-hydroxylation sites is 1. The van der Waals surface area contributed by atoms with Crippen molar-refractivity contribution in [3.05, 3.63) is 29.8 Å². The maximum atomic E-state index is 3.51. The van der Waals surface area contributed by atoms with Gasteiger partial charge in [-0.1, -0.05) is 32.0 Å². The van der Waals surface area contributed by atoms with Gasteiger partial charge in [0.1, 0.15) is 0 Å². The minimum atomic E-state index is 0.940. The van der Waals surface area contributed by atoms with Gasteiger partial charge in [0.15, 0.2) is 0 Å². The SMILES string of the molecule is CCN(CC)CCCNCc1ccccc1NC. The van der Waals surface area contributed by atoms with Gasteiger partial charge in [0.25, 0.3) is 0 Å². The van der Waals surface area contributed by atoms with Crippen LogP contribution in [0.15, 0.2) is 24.3 Å². The first-order chi connectivity index (χ1) is 8.81. The molecule has 18 heavy (non-hydrogen) atoms. The largest absolute Gasteiger partial charge is 0.388 e. The molecule has 0 aliphatic rings. The van der Waals surface area contributed by atoms with Gasteiger partial charge in [-0.15, -0.1) is 0 Å². The molecule has 0 saturated heterocycles. The van der Waals surface area contributed by atoms with E-state index in [1.165, 1.54) is 24.2 Å². The molecule has 0 saturated carbocycles. The average molecular weight is 249 g/mol. The number of rotatable bonds is 9. The summed E-state index contributed by atoms with van der Waals surface area (Å²) in [6.07, 6.45) is 1.21. The van der Waals surface area contributed by atoms with Crippen molar-refractivity contribution in [3.63, 3.8) is 0 Å². The van der Waals surface area contributed by atoms with E-state index in [0.717, 1.165) is 26.2 Å². The van der Waals surface area contributed by atoms with E-state index in [2.05, 4.69) is 53.6 Å². The number of nitrogens with one attached hydrogen (secondary N) is 2. The van der Waals surface area contributed by atoms with Crippen molar-refractivity contribution in [1.29, 1.82) is 0 Å². The molecule has 1 aromatic carbocycles. The van der Waals surface area contributed by atoms with E-state index in [-0.39, 0.29) is 0 Å². The Labute approximate surface area is 112 Å². The Balaban J connectivity index is 2.21. The van der Waals surface area contributed by atoms with Crippen molar-refractivity contribution in [1.82, 2.24) is 10.2 Å². The lowest BCUT2D eigenvalue weighted by atomic mass is 10.2. The minimum absolute atomic E-state index is 0.940. The van der Waals surface area contributed by atoms with Gasteiger partial charge in [-0.2, -0.15) is 0 Å². The number of benzene rings is 1. The van der Waals surface area contributed by atoms with Crippen LogP contribution in [0.1, 0.15) is 25.8 Å². The monoisotopic (exact) mass is 249 g/mol. The van der Waals surface area contributed by atoms with Crippen LogP contribution < -0.4 is 10.6 Å². The maximum Gasteiger partial charge on any atom is 0.0383 e. The average Bonchev–Trinajstić information content (AvgIpc) is 2.43. The molecule has 1 aromatic rings. The summed E-state index contributed by atoms with van der Waals surface area (Å²) in [4.78, 5) is 2.46. The number of hydrogen-bond acceptors (Lipinski definition) is 3. The van der Waals surface area contributed by atoms with Crippen LogP contribution in [0.5, 0.6) is 0 Å². The highest BCUT2D eigenvalue weighted by molar-refractivity contribution is 5.50. The summed E-state index contributed by atoms with van der Waals surface area (Å²) in [5.41, 5.74) is 2.55. The van der Waals surface area contributed by atoms with Crippen molar-refractivity contribution in [2.45, 2.75) is 26.8 Å². The molecule has 102 valence electrons. The van der Waals surface area contributed by atoms with Crippen LogP contribution in [-0.4, -0.2) is 38.1 Å². The van der Waals surface area contributed by atoms with Gasteiger partial charge in [-0.05, 0) is 44.2 Å². The lowest BCUT2D eigenvalue weighted by Gasteiger charge is -2.17. The normalized spacial score (nSPS) is 10.9. The molecule has 1 rings (SSSR count). The van der Waals surface area contributed by atoms with E-state index in [1.54, 1.807) is 0 Å². The topological polar surface area (TPSA) is 27.3 Å². The van der Waals surface area contributed by atoms with E-state index in [9.17, 15) is 0 Å². The van der Waals surface area contributed by atoms with Crippen LogP contribution in [0.3, 0.4) is 0 Å². The third kappa shape index (κ3) is 5.07. The standard InChI is InChI=1S/C15H27N3/c1-4-18(5-2)12-8-11-17-13-14-9-6-7-10-15(14)16-3/h6-7,9-10,16-17H,4-5,8,11-13H2,1-3H3. The van der Waals surface area contributed by atoms with Gasteiger partial charge in [0.05, 0.1) is 0 Å². The van der Waals surface area contributed by atoms with Crippen molar-refractivity contribution in [2.24, 2.45) is 0 Å². The third-order valence-electron chi connectivity index (χ3n) is 3.32. The first-order valence-electron chi connectivity index (χ1n) is 7.00. The van der Waals surface area contributed by atoms with Crippen LogP contribution in [-0.2, 0) is 6.54 Å². The fourth-order valence-corrected chi connectivity index (χ4v) is 2.11. The molecule has 0 aromatic heterocycles. The van der Waals surface area contributed by atoms with E-state index in [1.807, 2.05) is 7.05 Å². The number of nitrogens with zero attached hydrogens (tertiary/aromatic N) is 1. The summed E-state index contributed by atoms with van der Waals surface area (Å²) in [5.74, 6) is 0. The zero-order valence-corrected chi connectivity index (χ0v) is 12.0. The summed E-state index contributed by atoms with van der Waals surface area (Å²) >= 11 is 0. The summed E-state index contributed by atoms with van der Waals surface area (Å²) in [6, 6.07) is 8.44. The Kier molecular flexibility index (Phi) is 7.46. The minimum Gasteiger partial charge on any atom is -0.388 e. The molecule has 0 radical (unpaired) electrons. The predicted octanol–water partition coefficient (Wildman–Crippen LogP) is 2.55. The van der Waals surface area contributed by atoms with Crippen molar-refractivity contribution in [3.8, 4) is 0 Å². The van der Waals surface area contributed by atoms with Crippen molar-refractivity contribution in [2.75, 3.05) is 38.5 Å². The molecule has 0 aliphatic heterocycles. The predicted molar refractivity (Wildman–Crippen MR) is 80.1 cm³/mol. The van der Waals surface area contributed by atoms with Gasteiger partial charge in [-0.25, -0.2) is 0 Å². The van der Waals surface area contributed by atoms with E-state index >= 15 is 0 Å². The quantitative estimate of drug-likeness (QED) is 0.659. The molecule has 0 heterocycles. The molecule has 0 atom stereocenters. The Morgan fingerprint density at radius 1 is 1.11 bits per heavy atom. The fraction of sp³-hybridized carbons (Fsp3) is 0.600. The number of hydrogen-bond donors (Lipinski definition) is 2. The number of anilines is 1. The molecule has 0 bridgehead atoms. The van der Waals surface area contributed by atoms with Gasteiger partial charge in [0, 0.05) is 19.3 Å².